The van der Waals surface area contributed by atoms with Crippen molar-refractivity contribution in [1.82, 2.24) is 10.6 Å². The normalized spacial score (nSPS) is 45.2. The summed E-state index contributed by atoms with van der Waals surface area (Å²) in [6.45, 7) is 0.130. The van der Waals surface area contributed by atoms with E-state index in [2.05, 4.69) is 10.6 Å². The number of aliphatic hydroxyl groups excluding tert-OH is 7. The van der Waals surface area contributed by atoms with Crippen LogP contribution in [0, 0.1) is 5.92 Å². The number of nitrogens with one attached hydrogen (secondary N) is 2. The monoisotopic (exact) mass is 553 g/mol. The molecule has 0 spiro atoms. The van der Waals surface area contributed by atoms with E-state index in [1.807, 2.05) is 0 Å². The largest absolute Gasteiger partial charge is 0.395 e. The van der Waals surface area contributed by atoms with Gasteiger partial charge in [-0.2, -0.15) is 0 Å². The van der Waals surface area contributed by atoms with Crippen molar-refractivity contribution in [2.75, 3.05) is 39.4 Å². The summed E-state index contributed by atoms with van der Waals surface area (Å²) in [6, 6.07) is -1.83. The molecule has 0 bridgehead atoms. The summed E-state index contributed by atoms with van der Waals surface area (Å²) in [4.78, 5) is 0. The fourth-order valence-electron chi connectivity index (χ4n) is 5.63. The van der Waals surface area contributed by atoms with E-state index in [-0.39, 0.29) is 45.5 Å². The minimum atomic E-state index is -1.26. The third-order valence-electron chi connectivity index (χ3n) is 7.75. The summed E-state index contributed by atoms with van der Waals surface area (Å²) in [5, 5.41) is 77.3. The Kier molecular flexibility index (Phi) is 12.5. The molecule has 0 aromatic heterocycles. The molecule has 2 saturated heterocycles. The first kappa shape index (κ1) is 31.9. The van der Waals surface area contributed by atoms with Crippen LogP contribution in [0.3, 0.4) is 0 Å². The van der Waals surface area contributed by atoms with E-state index >= 15 is 0 Å². The molecule has 2 aliphatic heterocycles. The zero-order chi connectivity index (χ0) is 28.0. The van der Waals surface area contributed by atoms with Gasteiger partial charge in [-0.1, -0.05) is 0 Å². The van der Waals surface area contributed by atoms with E-state index in [1.165, 1.54) is 0 Å². The zero-order valence-corrected chi connectivity index (χ0v) is 21.5. The van der Waals surface area contributed by atoms with Gasteiger partial charge in [0.15, 0.2) is 6.29 Å². The molecule has 1 saturated carbocycles. The molecule has 15 N–H and O–H groups in total. The summed E-state index contributed by atoms with van der Waals surface area (Å²) in [5.41, 5.74) is 18.4. The van der Waals surface area contributed by atoms with Crippen molar-refractivity contribution >= 4 is 0 Å². The van der Waals surface area contributed by atoms with Crippen molar-refractivity contribution in [1.29, 1.82) is 0 Å². The van der Waals surface area contributed by atoms with Crippen molar-refractivity contribution in [2.45, 2.75) is 98.6 Å². The highest BCUT2D eigenvalue weighted by Crippen LogP contribution is 2.36. The first-order valence-electron chi connectivity index (χ1n) is 13.3. The maximum absolute atomic E-state index is 11.6. The molecule has 0 amide bonds. The third kappa shape index (κ3) is 7.78. The van der Waals surface area contributed by atoms with Gasteiger partial charge in [-0.3, -0.25) is 0 Å². The molecule has 0 aromatic carbocycles. The lowest BCUT2D eigenvalue weighted by molar-refractivity contribution is -0.302. The first-order chi connectivity index (χ1) is 18.1. The minimum Gasteiger partial charge on any atom is -0.395 e. The lowest BCUT2D eigenvalue weighted by Crippen LogP contribution is -2.69. The zero-order valence-electron chi connectivity index (χ0n) is 21.5. The van der Waals surface area contributed by atoms with E-state index in [9.17, 15) is 30.6 Å². The Labute approximate surface area is 222 Å². The lowest BCUT2D eigenvalue weighted by atomic mass is 9.72. The van der Waals surface area contributed by atoms with Crippen molar-refractivity contribution in [2.24, 2.45) is 23.1 Å². The van der Waals surface area contributed by atoms with Gasteiger partial charge in [-0.15, -0.1) is 0 Å². The van der Waals surface area contributed by atoms with Gasteiger partial charge >= 0.3 is 0 Å². The Balaban J connectivity index is 1.80. The first-order valence-corrected chi connectivity index (χ1v) is 13.3. The van der Waals surface area contributed by atoms with Gasteiger partial charge in [0.05, 0.1) is 49.8 Å². The van der Waals surface area contributed by atoms with Crippen LogP contribution in [0.1, 0.15) is 19.3 Å². The summed E-state index contributed by atoms with van der Waals surface area (Å²) in [5.74, 6) is -0.722. The van der Waals surface area contributed by atoms with Gasteiger partial charge in [-0.05, 0) is 12.8 Å². The second-order valence-corrected chi connectivity index (χ2v) is 10.6. The van der Waals surface area contributed by atoms with E-state index in [4.69, 9.17) is 36.5 Å². The van der Waals surface area contributed by atoms with Crippen LogP contribution in [0.25, 0.3) is 0 Å². The lowest BCUT2D eigenvalue weighted by Gasteiger charge is -2.51. The second-order valence-electron chi connectivity index (χ2n) is 10.6. The van der Waals surface area contributed by atoms with E-state index in [1.54, 1.807) is 0 Å². The van der Waals surface area contributed by atoms with Gasteiger partial charge in [0.25, 0.3) is 0 Å². The topological polar surface area (TPSA) is 271 Å². The number of nitrogens with two attached hydrogens (primary N) is 3. The summed E-state index contributed by atoms with van der Waals surface area (Å²) >= 11 is 0. The molecule has 3 aliphatic rings. The SMILES string of the molecule is NCC(O)CN[C@@H]1C[C@H](N)C([C@H]2O[C@H](CNCCO)[C@@H](O)C[C@H]2N)[C@H](O)[C@H]1O[C@H]1O[C@H](CO)[C@@H](O)C[C@H]1O. The van der Waals surface area contributed by atoms with Crippen LogP contribution in [0.15, 0.2) is 0 Å². The van der Waals surface area contributed by atoms with Crippen molar-refractivity contribution in [3.05, 3.63) is 0 Å². The highest BCUT2D eigenvalue weighted by Gasteiger charge is 2.52. The van der Waals surface area contributed by atoms with Gasteiger partial charge in [0.2, 0.25) is 0 Å². The molecule has 15 nitrogen and oxygen atoms in total. The predicted molar refractivity (Wildman–Crippen MR) is 133 cm³/mol. The fourth-order valence-corrected chi connectivity index (χ4v) is 5.63. The second kappa shape index (κ2) is 14.9. The maximum atomic E-state index is 11.6. The smallest absolute Gasteiger partial charge is 0.184 e. The Morgan fingerprint density at radius 3 is 2.29 bits per heavy atom. The van der Waals surface area contributed by atoms with Crippen molar-refractivity contribution in [3.8, 4) is 0 Å². The van der Waals surface area contributed by atoms with Crippen molar-refractivity contribution < 1.29 is 50.0 Å². The highest BCUT2D eigenvalue weighted by molar-refractivity contribution is 5.05. The highest BCUT2D eigenvalue weighted by atomic mass is 16.7. The van der Waals surface area contributed by atoms with Crippen LogP contribution in [-0.4, -0.2) is 154 Å². The van der Waals surface area contributed by atoms with Gasteiger partial charge in [0.1, 0.15) is 18.3 Å². The van der Waals surface area contributed by atoms with Crippen LogP contribution in [-0.2, 0) is 14.2 Å². The Morgan fingerprint density at radius 1 is 0.921 bits per heavy atom. The third-order valence-corrected chi connectivity index (χ3v) is 7.75. The van der Waals surface area contributed by atoms with Crippen LogP contribution in [0.4, 0.5) is 0 Å². The molecule has 224 valence electrons. The van der Waals surface area contributed by atoms with Gasteiger partial charge in [0, 0.05) is 56.6 Å². The summed E-state index contributed by atoms with van der Waals surface area (Å²) in [6.07, 6.45) is -9.51. The Hall–Kier alpha value is -0.600. The molecule has 14 atom stereocenters. The molecule has 2 heterocycles. The van der Waals surface area contributed by atoms with Crippen LogP contribution >= 0.6 is 0 Å². The number of aliphatic hydroxyl groups is 7. The molecule has 38 heavy (non-hydrogen) atoms. The average molecular weight is 554 g/mol. The summed E-state index contributed by atoms with van der Waals surface area (Å²) < 4.78 is 17.8. The van der Waals surface area contributed by atoms with Gasteiger partial charge < -0.3 is 77.8 Å². The molecule has 3 fully saturated rings. The molecular weight excluding hydrogens is 506 g/mol. The molecule has 2 unspecified atom stereocenters. The van der Waals surface area contributed by atoms with Crippen LogP contribution in [0.5, 0.6) is 0 Å². The van der Waals surface area contributed by atoms with E-state index < -0.39 is 91.9 Å². The molecule has 0 radical (unpaired) electrons. The van der Waals surface area contributed by atoms with Crippen LogP contribution < -0.4 is 27.8 Å². The maximum Gasteiger partial charge on any atom is 0.184 e. The molecule has 15 heteroatoms. The molecule has 3 rings (SSSR count). The van der Waals surface area contributed by atoms with E-state index in [0.717, 1.165) is 0 Å². The minimum absolute atomic E-state index is 0.0157. The number of hydrogen-bond donors (Lipinski definition) is 12. The number of ether oxygens (including phenoxy) is 3. The number of rotatable bonds is 12. The van der Waals surface area contributed by atoms with Crippen molar-refractivity contribution in [3.63, 3.8) is 0 Å². The Morgan fingerprint density at radius 2 is 1.63 bits per heavy atom. The molecule has 0 aromatic rings. The number of hydrogen-bond acceptors (Lipinski definition) is 15. The van der Waals surface area contributed by atoms with Gasteiger partial charge in [-0.25, -0.2) is 0 Å². The summed E-state index contributed by atoms with van der Waals surface area (Å²) in [7, 11) is 0. The molecular formula is C23H47N5O10. The predicted octanol–water partition coefficient (Wildman–Crippen LogP) is -6.39. The standard InChI is InChI=1S/C23H47N5O10/c24-6-10(31)7-28-13-3-11(25)19(21-12(26)4-14(32)17(36-21)8-27-1-2-29)20(35)22(13)38-23-16(34)5-15(33)18(9-30)37-23/h10-23,27-35H,1-9,24-26H2/t10?,11-,12+,13+,14-,15-,16+,17+,18+,19?,20-,21-,22-,23+/m0/s1. The average Bonchev–Trinajstić information content (AvgIpc) is 2.87. The Bertz CT molecular complexity index is 701. The van der Waals surface area contributed by atoms with E-state index in [0.29, 0.717) is 6.54 Å². The molecule has 1 aliphatic carbocycles. The van der Waals surface area contributed by atoms with Crippen LogP contribution in [0.2, 0.25) is 0 Å². The quantitative estimate of drug-likeness (QED) is 0.100. The fraction of sp³-hybridized carbons (Fsp3) is 1.00.